The number of hydrogen-bond donors (Lipinski definition) is 1. The standard InChI is InChI=1S/C17H15Cl2N3O2S/c18-15-7-6-14(10-16(15)19)11-22-9-8-17(20-22)21-25(23,24)12-13-4-2-1-3-5-13/h1-10H,11-12H2,(H,20,21). The molecule has 0 radical (unpaired) electrons. The van der Waals surface area contributed by atoms with Gasteiger partial charge in [0.1, 0.15) is 0 Å². The van der Waals surface area contributed by atoms with Gasteiger partial charge in [-0.2, -0.15) is 5.10 Å². The third kappa shape index (κ3) is 4.98. The quantitative estimate of drug-likeness (QED) is 0.680. The minimum absolute atomic E-state index is 0.104. The van der Waals surface area contributed by atoms with Crippen molar-refractivity contribution < 1.29 is 8.42 Å². The highest BCUT2D eigenvalue weighted by Crippen LogP contribution is 2.23. The van der Waals surface area contributed by atoms with Gasteiger partial charge < -0.3 is 0 Å². The monoisotopic (exact) mass is 395 g/mol. The molecule has 3 aromatic rings. The molecule has 8 heteroatoms. The molecular formula is C17H15Cl2N3O2S. The molecule has 1 N–H and O–H groups in total. The van der Waals surface area contributed by atoms with Crippen LogP contribution in [-0.4, -0.2) is 18.2 Å². The van der Waals surface area contributed by atoms with Crippen LogP contribution in [0.3, 0.4) is 0 Å². The van der Waals surface area contributed by atoms with Crippen LogP contribution in [-0.2, 0) is 22.3 Å². The van der Waals surface area contributed by atoms with E-state index in [0.717, 1.165) is 5.56 Å². The molecule has 25 heavy (non-hydrogen) atoms. The molecule has 0 saturated heterocycles. The molecule has 1 heterocycles. The van der Waals surface area contributed by atoms with Gasteiger partial charge in [-0.1, -0.05) is 59.6 Å². The fraction of sp³-hybridized carbons (Fsp3) is 0.118. The van der Waals surface area contributed by atoms with E-state index in [1.165, 1.54) is 0 Å². The van der Waals surface area contributed by atoms with Gasteiger partial charge in [0, 0.05) is 12.3 Å². The van der Waals surface area contributed by atoms with Gasteiger partial charge in [-0.25, -0.2) is 8.42 Å². The van der Waals surface area contributed by atoms with Gasteiger partial charge in [-0.05, 0) is 23.3 Å². The second kappa shape index (κ2) is 7.47. The Morgan fingerprint density at radius 2 is 1.72 bits per heavy atom. The average molecular weight is 396 g/mol. The Labute approximate surface area is 156 Å². The smallest absolute Gasteiger partial charge is 0.238 e. The molecule has 130 valence electrons. The van der Waals surface area contributed by atoms with Gasteiger partial charge in [0.25, 0.3) is 0 Å². The summed E-state index contributed by atoms with van der Waals surface area (Å²) >= 11 is 11.9. The van der Waals surface area contributed by atoms with E-state index in [0.29, 0.717) is 22.2 Å². The maximum absolute atomic E-state index is 12.2. The zero-order chi connectivity index (χ0) is 17.9. The molecule has 0 spiro atoms. The van der Waals surface area contributed by atoms with Gasteiger partial charge in [0.2, 0.25) is 10.0 Å². The summed E-state index contributed by atoms with van der Waals surface area (Å²) in [6, 6.07) is 15.9. The fourth-order valence-corrected chi connectivity index (χ4v) is 3.77. The zero-order valence-corrected chi connectivity index (χ0v) is 15.4. The van der Waals surface area contributed by atoms with Crippen molar-refractivity contribution in [3.8, 4) is 0 Å². The molecule has 0 fully saturated rings. The van der Waals surface area contributed by atoms with E-state index >= 15 is 0 Å². The van der Waals surface area contributed by atoms with Crippen molar-refractivity contribution in [3.63, 3.8) is 0 Å². The van der Waals surface area contributed by atoms with Crippen molar-refractivity contribution in [1.29, 1.82) is 0 Å². The summed E-state index contributed by atoms with van der Waals surface area (Å²) in [6.45, 7) is 0.456. The van der Waals surface area contributed by atoms with E-state index in [9.17, 15) is 8.42 Å². The van der Waals surface area contributed by atoms with Gasteiger partial charge in [0.15, 0.2) is 5.82 Å². The lowest BCUT2D eigenvalue weighted by Crippen LogP contribution is -2.15. The van der Waals surface area contributed by atoms with Gasteiger partial charge in [0.05, 0.1) is 22.3 Å². The summed E-state index contributed by atoms with van der Waals surface area (Å²) in [5.74, 6) is 0.170. The van der Waals surface area contributed by atoms with Gasteiger partial charge in [-0.3, -0.25) is 9.40 Å². The van der Waals surface area contributed by atoms with E-state index in [4.69, 9.17) is 23.2 Å². The zero-order valence-electron chi connectivity index (χ0n) is 13.1. The largest absolute Gasteiger partial charge is 0.266 e. The highest BCUT2D eigenvalue weighted by molar-refractivity contribution is 7.91. The summed E-state index contributed by atoms with van der Waals surface area (Å²) in [7, 11) is -3.52. The van der Waals surface area contributed by atoms with Crippen LogP contribution in [0.1, 0.15) is 11.1 Å². The van der Waals surface area contributed by atoms with E-state index < -0.39 is 10.0 Å². The Morgan fingerprint density at radius 3 is 2.44 bits per heavy atom. The van der Waals surface area contributed by atoms with Crippen LogP contribution in [0, 0.1) is 0 Å². The normalized spacial score (nSPS) is 11.4. The molecule has 0 aliphatic heterocycles. The van der Waals surface area contributed by atoms with Gasteiger partial charge >= 0.3 is 0 Å². The van der Waals surface area contributed by atoms with Crippen molar-refractivity contribution in [1.82, 2.24) is 9.78 Å². The summed E-state index contributed by atoms with van der Waals surface area (Å²) in [5, 5.41) is 5.19. The first-order valence-electron chi connectivity index (χ1n) is 7.43. The number of hydrogen-bond acceptors (Lipinski definition) is 3. The van der Waals surface area contributed by atoms with Crippen LogP contribution < -0.4 is 4.72 Å². The lowest BCUT2D eigenvalue weighted by atomic mass is 10.2. The summed E-state index contributed by atoms with van der Waals surface area (Å²) in [4.78, 5) is 0. The fourth-order valence-electron chi connectivity index (χ4n) is 2.32. The summed E-state index contributed by atoms with van der Waals surface area (Å²) in [5.41, 5.74) is 1.63. The van der Waals surface area contributed by atoms with Crippen LogP contribution in [0.5, 0.6) is 0 Å². The third-order valence-electron chi connectivity index (χ3n) is 3.43. The van der Waals surface area contributed by atoms with Crippen molar-refractivity contribution >= 4 is 39.0 Å². The lowest BCUT2D eigenvalue weighted by molar-refractivity contribution is 0.600. The number of rotatable bonds is 6. The topological polar surface area (TPSA) is 64.0 Å². The predicted molar refractivity (Wildman–Crippen MR) is 100 cm³/mol. The number of anilines is 1. The van der Waals surface area contributed by atoms with Crippen molar-refractivity contribution in [2.24, 2.45) is 0 Å². The van der Waals surface area contributed by atoms with E-state index in [-0.39, 0.29) is 11.6 Å². The number of nitrogens with one attached hydrogen (secondary N) is 1. The Hall–Kier alpha value is -2.02. The molecule has 0 unspecified atom stereocenters. The Kier molecular flexibility index (Phi) is 5.32. The van der Waals surface area contributed by atoms with E-state index in [2.05, 4.69) is 9.82 Å². The number of halogens is 2. The minimum atomic E-state index is -3.52. The number of aromatic nitrogens is 2. The first-order chi connectivity index (χ1) is 11.9. The molecule has 0 bridgehead atoms. The Morgan fingerprint density at radius 1 is 0.960 bits per heavy atom. The van der Waals surface area contributed by atoms with Gasteiger partial charge in [-0.15, -0.1) is 0 Å². The second-order valence-corrected chi connectivity index (χ2v) is 8.03. The SMILES string of the molecule is O=S(=O)(Cc1ccccc1)Nc1ccn(Cc2ccc(Cl)c(Cl)c2)n1. The summed E-state index contributed by atoms with van der Waals surface area (Å²) in [6.07, 6.45) is 1.70. The second-order valence-electron chi connectivity index (χ2n) is 5.49. The number of benzene rings is 2. The Bertz CT molecular complexity index is 973. The van der Waals surface area contributed by atoms with E-state index in [1.54, 1.807) is 53.3 Å². The molecule has 0 aliphatic rings. The maximum atomic E-state index is 12.2. The number of nitrogens with zero attached hydrogens (tertiary/aromatic N) is 2. The van der Waals surface area contributed by atoms with Crippen LogP contribution in [0.15, 0.2) is 60.8 Å². The molecule has 0 amide bonds. The maximum Gasteiger partial charge on any atom is 0.238 e. The Balaban J connectivity index is 1.67. The van der Waals surface area contributed by atoms with Crippen molar-refractivity contribution in [3.05, 3.63) is 82.0 Å². The van der Waals surface area contributed by atoms with Crippen LogP contribution in [0.4, 0.5) is 5.82 Å². The van der Waals surface area contributed by atoms with Crippen molar-refractivity contribution in [2.45, 2.75) is 12.3 Å². The lowest BCUT2D eigenvalue weighted by Gasteiger charge is -2.06. The average Bonchev–Trinajstić information content (AvgIpc) is 2.97. The summed E-state index contributed by atoms with van der Waals surface area (Å²) < 4.78 is 28.6. The predicted octanol–water partition coefficient (Wildman–Crippen LogP) is 4.18. The molecule has 0 atom stereocenters. The molecule has 3 rings (SSSR count). The van der Waals surface area contributed by atoms with Crippen LogP contribution in [0.2, 0.25) is 10.0 Å². The van der Waals surface area contributed by atoms with Crippen LogP contribution >= 0.6 is 23.2 Å². The molecule has 0 saturated carbocycles. The number of sulfonamides is 1. The van der Waals surface area contributed by atoms with Crippen molar-refractivity contribution in [2.75, 3.05) is 4.72 Å². The molecular weight excluding hydrogens is 381 g/mol. The third-order valence-corrected chi connectivity index (χ3v) is 5.40. The highest BCUT2D eigenvalue weighted by atomic mass is 35.5. The van der Waals surface area contributed by atoms with E-state index in [1.807, 2.05) is 12.1 Å². The molecule has 5 nitrogen and oxygen atoms in total. The molecule has 2 aromatic carbocycles. The highest BCUT2D eigenvalue weighted by Gasteiger charge is 2.13. The first kappa shape index (κ1) is 17.8. The van der Waals surface area contributed by atoms with Crippen LogP contribution in [0.25, 0.3) is 0 Å². The molecule has 0 aliphatic carbocycles. The minimum Gasteiger partial charge on any atom is -0.266 e. The molecule has 1 aromatic heterocycles. The first-order valence-corrected chi connectivity index (χ1v) is 9.84.